The topological polar surface area (TPSA) is 0 Å². The van der Waals surface area contributed by atoms with Crippen LogP contribution in [0.25, 0.3) is 0 Å². The maximum atomic E-state index is 2.52. The largest absolute Gasteiger partial charge is 0.0672 e. The Balaban J connectivity index is 2.30. The van der Waals surface area contributed by atoms with Crippen molar-refractivity contribution in [1.29, 1.82) is 0 Å². The van der Waals surface area contributed by atoms with E-state index in [2.05, 4.69) is 179 Å². The average molecular weight is 643 g/mol. The maximum Gasteiger partial charge on any atom is 0.00929 e. The molecular weight excluding hydrogens is 578 g/mol. The summed E-state index contributed by atoms with van der Waals surface area (Å²) in [6.45, 7) is 42.6. The highest BCUT2D eigenvalue weighted by molar-refractivity contribution is 7.56. The fraction of sp³-hybridized carbons (Fsp3) is 0.558. The van der Waals surface area contributed by atoms with Gasteiger partial charge in [-0.25, -0.2) is 0 Å². The summed E-state index contributed by atoms with van der Waals surface area (Å²) in [5.74, 6) is 2.50. The Morgan fingerprint density at radius 2 is 0.822 bits per heavy atom. The highest BCUT2D eigenvalue weighted by Crippen LogP contribution is 2.38. The van der Waals surface area contributed by atoms with Crippen LogP contribution in [0.5, 0.6) is 0 Å². The van der Waals surface area contributed by atoms with Gasteiger partial charge >= 0.3 is 0 Å². The summed E-state index contributed by atoms with van der Waals surface area (Å²) in [5.41, 5.74) is 10.6. The molecule has 0 amide bonds. The van der Waals surface area contributed by atoms with Gasteiger partial charge in [0, 0.05) is 5.30 Å². The van der Waals surface area contributed by atoms with Gasteiger partial charge in [0.25, 0.3) is 0 Å². The molecular formula is C43H64P2. The molecule has 0 nitrogen and oxygen atoms in total. The van der Waals surface area contributed by atoms with Crippen molar-refractivity contribution in [3.05, 3.63) is 87.5 Å². The first-order valence-corrected chi connectivity index (χ1v) is 18.9. The van der Waals surface area contributed by atoms with E-state index in [4.69, 9.17) is 0 Å². The van der Waals surface area contributed by atoms with E-state index in [0.29, 0.717) is 8.58 Å². The Kier molecular flexibility index (Phi) is 10.6. The number of benzene rings is 3. The summed E-state index contributed by atoms with van der Waals surface area (Å²) in [6.07, 6.45) is 0. The minimum atomic E-state index is 0.0523. The van der Waals surface area contributed by atoms with Crippen LogP contribution in [0.3, 0.4) is 0 Å². The van der Waals surface area contributed by atoms with Gasteiger partial charge in [0.15, 0.2) is 0 Å². The van der Waals surface area contributed by atoms with E-state index in [1.54, 1.807) is 0 Å². The molecule has 45 heavy (non-hydrogen) atoms. The van der Waals surface area contributed by atoms with Crippen molar-refractivity contribution < 1.29 is 0 Å². The third-order valence-corrected chi connectivity index (χ3v) is 11.4. The first-order valence-electron chi connectivity index (χ1n) is 16.9. The van der Waals surface area contributed by atoms with Crippen LogP contribution in [0.2, 0.25) is 0 Å². The van der Waals surface area contributed by atoms with E-state index in [1.165, 1.54) is 63.1 Å². The zero-order valence-electron chi connectivity index (χ0n) is 32.1. The van der Waals surface area contributed by atoms with Gasteiger partial charge in [-0.2, -0.15) is 0 Å². The Labute approximate surface area is 282 Å². The molecule has 0 aliphatic carbocycles. The molecule has 0 radical (unpaired) electrons. The van der Waals surface area contributed by atoms with Gasteiger partial charge in [-0.05, 0) is 87.8 Å². The molecule has 0 fully saturated rings. The molecule has 3 aromatic carbocycles. The van der Waals surface area contributed by atoms with E-state index in [-0.39, 0.29) is 32.5 Å². The van der Waals surface area contributed by atoms with Crippen LogP contribution in [0.4, 0.5) is 0 Å². The third-order valence-electron chi connectivity index (χ3n) is 8.77. The van der Waals surface area contributed by atoms with Crippen molar-refractivity contribution in [2.24, 2.45) is 0 Å². The summed E-state index contributed by atoms with van der Waals surface area (Å²) >= 11 is 0. The molecule has 0 N–H and O–H groups in total. The predicted octanol–water partition coefficient (Wildman–Crippen LogP) is 11.5. The quantitative estimate of drug-likeness (QED) is 0.248. The minimum Gasteiger partial charge on any atom is -0.0672 e. The summed E-state index contributed by atoms with van der Waals surface area (Å²) in [5, 5.41) is 4.44. The summed E-state index contributed by atoms with van der Waals surface area (Å²) < 4.78 is 0. The second-order valence-corrected chi connectivity index (χ2v) is 21.6. The fourth-order valence-electron chi connectivity index (χ4n) is 5.73. The Morgan fingerprint density at radius 1 is 0.467 bits per heavy atom. The lowest BCUT2D eigenvalue weighted by Gasteiger charge is -2.34. The predicted molar refractivity (Wildman–Crippen MR) is 211 cm³/mol. The van der Waals surface area contributed by atoms with Crippen molar-refractivity contribution in [3.63, 3.8) is 0 Å². The lowest BCUT2D eigenvalue weighted by Crippen LogP contribution is -2.31. The summed E-state index contributed by atoms with van der Waals surface area (Å²) in [7, 11) is 1.86. The van der Waals surface area contributed by atoms with Crippen molar-refractivity contribution >= 4 is 38.5 Å². The van der Waals surface area contributed by atoms with Crippen LogP contribution in [-0.4, -0.2) is 5.80 Å². The third kappa shape index (κ3) is 9.21. The summed E-state index contributed by atoms with van der Waals surface area (Å²) in [4.78, 5) is 0. The Hall–Kier alpha value is -1.74. The van der Waals surface area contributed by atoms with Gasteiger partial charge in [0.05, 0.1) is 0 Å². The van der Waals surface area contributed by atoms with E-state index < -0.39 is 0 Å². The van der Waals surface area contributed by atoms with Crippen molar-refractivity contribution in [1.82, 2.24) is 0 Å². The SMILES string of the molecule is CC(C)(C)c1cc(C(C)(C)C)c(P=Cc2ccccc2Pc2c(C(C)(C)C)cc(C(C)(C)C)cc2C(C)(C)C)c(C(C)(C)C)c1. The van der Waals surface area contributed by atoms with Gasteiger partial charge in [-0.3, -0.25) is 0 Å². The molecule has 0 heterocycles. The zero-order chi connectivity index (χ0) is 34.6. The van der Waals surface area contributed by atoms with Gasteiger partial charge in [-0.15, -0.1) is 0 Å². The summed E-state index contributed by atoms with van der Waals surface area (Å²) in [6, 6.07) is 19.2. The molecule has 0 aromatic heterocycles. The number of hydrogen-bond donors (Lipinski definition) is 0. The fourth-order valence-corrected chi connectivity index (χ4v) is 9.34. The molecule has 0 aliphatic rings. The second-order valence-electron chi connectivity index (χ2n) is 19.3. The van der Waals surface area contributed by atoms with Gasteiger partial charge in [-0.1, -0.05) is 190 Å². The molecule has 246 valence electrons. The highest BCUT2D eigenvalue weighted by Gasteiger charge is 2.31. The molecule has 3 aromatic rings. The first-order chi connectivity index (χ1) is 20.1. The van der Waals surface area contributed by atoms with Crippen molar-refractivity contribution in [3.8, 4) is 0 Å². The molecule has 3 rings (SSSR count). The molecule has 0 spiro atoms. The van der Waals surface area contributed by atoms with Crippen LogP contribution in [-0.2, 0) is 32.5 Å². The van der Waals surface area contributed by atoms with E-state index in [1.807, 2.05) is 0 Å². The molecule has 1 unspecified atom stereocenters. The van der Waals surface area contributed by atoms with Crippen molar-refractivity contribution in [2.45, 2.75) is 157 Å². The van der Waals surface area contributed by atoms with Crippen LogP contribution >= 0.6 is 16.8 Å². The van der Waals surface area contributed by atoms with Gasteiger partial charge < -0.3 is 0 Å². The number of rotatable bonds is 4. The van der Waals surface area contributed by atoms with Crippen LogP contribution in [0, 0.1) is 0 Å². The lowest BCUT2D eigenvalue weighted by atomic mass is 9.75. The Morgan fingerprint density at radius 3 is 1.18 bits per heavy atom. The van der Waals surface area contributed by atoms with Gasteiger partial charge in [0.1, 0.15) is 0 Å². The van der Waals surface area contributed by atoms with E-state index in [0.717, 1.165) is 0 Å². The average Bonchev–Trinajstić information content (AvgIpc) is 2.84. The second kappa shape index (κ2) is 12.7. The first kappa shape index (κ1) is 37.7. The monoisotopic (exact) mass is 642 g/mol. The molecule has 0 bridgehead atoms. The maximum absolute atomic E-state index is 2.52. The molecule has 1 atom stereocenters. The van der Waals surface area contributed by atoms with Crippen molar-refractivity contribution in [2.75, 3.05) is 0 Å². The smallest absolute Gasteiger partial charge is 0.00929 e. The van der Waals surface area contributed by atoms with Gasteiger partial charge in [0.2, 0.25) is 0 Å². The lowest BCUT2D eigenvalue weighted by molar-refractivity contribution is 0.553. The minimum absolute atomic E-state index is 0.0523. The normalized spacial score (nSPS) is 14.3. The van der Waals surface area contributed by atoms with Crippen LogP contribution in [0.1, 0.15) is 164 Å². The van der Waals surface area contributed by atoms with Crippen LogP contribution in [0.15, 0.2) is 48.5 Å². The Bertz CT molecular complexity index is 1470. The molecule has 0 saturated carbocycles. The highest BCUT2D eigenvalue weighted by atomic mass is 31.1. The molecule has 0 saturated heterocycles. The standard InChI is InChI=1S/C43H64P2/c1-38(2,3)29-23-31(40(7,8)9)36(32(24-29)41(10,11)12)44-27-28-21-19-20-22-35(28)45-37-33(42(13,14)15)25-30(39(4,5)6)26-34(37)43(16,17)18/h19-27,45H,1-18H3. The zero-order valence-corrected chi connectivity index (χ0v) is 34.0. The van der Waals surface area contributed by atoms with Crippen LogP contribution < -0.4 is 15.9 Å². The van der Waals surface area contributed by atoms with E-state index >= 15 is 0 Å². The van der Waals surface area contributed by atoms with E-state index in [9.17, 15) is 0 Å². The number of hydrogen-bond acceptors (Lipinski definition) is 0. The molecule has 0 aliphatic heterocycles. The molecule has 2 heteroatoms.